The van der Waals surface area contributed by atoms with E-state index in [1.165, 1.54) is 32.1 Å². The number of carbonyl (C=O) groups excluding carboxylic acids is 1. The molecular formula is C35H55NO5. The van der Waals surface area contributed by atoms with Gasteiger partial charge in [0.25, 0.3) is 0 Å². The fourth-order valence-electron chi connectivity index (χ4n) is 11.4. The average molecular weight is 570 g/mol. The van der Waals surface area contributed by atoms with Crippen LogP contribution in [0.15, 0.2) is 11.6 Å². The maximum atomic E-state index is 13.8. The van der Waals surface area contributed by atoms with E-state index in [1.54, 1.807) is 0 Å². The number of ether oxygens (including phenoxy) is 2. The highest BCUT2D eigenvalue weighted by Gasteiger charge is 2.86. The van der Waals surface area contributed by atoms with E-state index in [4.69, 9.17) is 9.47 Å². The molecule has 2 aliphatic heterocycles. The molecule has 0 amide bonds. The third-order valence-corrected chi connectivity index (χ3v) is 13.1. The fraction of sp³-hybridized carbons (Fsp3) is 0.886. The van der Waals surface area contributed by atoms with Crippen LogP contribution in [0.4, 0.5) is 0 Å². The van der Waals surface area contributed by atoms with Crippen LogP contribution in [0.3, 0.4) is 0 Å². The van der Waals surface area contributed by atoms with E-state index in [1.807, 2.05) is 0 Å². The molecule has 0 radical (unpaired) electrons. The van der Waals surface area contributed by atoms with Gasteiger partial charge < -0.3 is 24.3 Å². The lowest BCUT2D eigenvalue weighted by atomic mass is 9.41. The highest BCUT2D eigenvalue weighted by Crippen LogP contribution is 2.84. The normalized spacial score (nSPS) is 44.0. The van der Waals surface area contributed by atoms with Crippen LogP contribution in [0, 0.1) is 51.8 Å². The van der Waals surface area contributed by atoms with Gasteiger partial charge in [0, 0.05) is 25.2 Å². The summed E-state index contributed by atoms with van der Waals surface area (Å²) in [5, 5.41) is 11.3. The first-order valence-corrected chi connectivity index (χ1v) is 17.1. The Bertz CT molecular complexity index is 1020. The zero-order valence-corrected chi connectivity index (χ0v) is 26.1. The van der Waals surface area contributed by atoms with Crippen molar-refractivity contribution >= 4 is 12.3 Å². The SMILES string of the molecule is CCCCCOCC1CCN(CC2CCC(C34C[C@@H]5[C@H](C)CC[C@H]5C5(C=O)CC3C=C(C(C)C)C45C(=O)O)O2)CC1. The zero-order valence-electron chi connectivity index (χ0n) is 26.1. The van der Waals surface area contributed by atoms with Gasteiger partial charge in [-0.15, -0.1) is 0 Å². The summed E-state index contributed by atoms with van der Waals surface area (Å²) in [6.45, 7) is 13.7. The molecule has 230 valence electrons. The van der Waals surface area contributed by atoms with Crippen LogP contribution in [0.2, 0.25) is 0 Å². The monoisotopic (exact) mass is 569 g/mol. The molecule has 5 fully saturated rings. The van der Waals surface area contributed by atoms with Crippen molar-refractivity contribution in [1.29, 1.82) is 0 Å². The third-order valence-electron chi connectivity index (χ3n) is 13.1. The van der Waals surface area contributed by atoms with Crippen molar-refractivity contribution in [2.45, 2.75) is 111 Å². The minimum atomic E-state index is -1.12. The minimum Gasteiger partial charge on any atom is -0.481 e. The first-order chi connectivity index (χ1) is 19.7. The van der Waals surface area contributed by atoms with Crippen LogP contribution in [-0.2, 0) is 19.1 Å². The molecule has 0 aromatic rings. The highest BCUT2D eigenvalue weighted by molar-refractivity contribution is 5.90. The van der Waals surface area contributed by atoms with Crippen molar-refractivity contribution in [2.75, 3.05) is 32.8 Å². The Labute approximate surface area is 248 Å². The van der Waals surface area contributed by atoms with Gasteiger partial charge in [0.1, 0.15) is 11.7 Å². The molecular weight excluding hydrogens is 514 g/mol. The molecule has 1 N–H and O–H groups in total. The van der Waals surface area contributed by atoms with E-state index in [9.17, 15) is 14.7 Å². The fourth-order valence-corrected chi connectivity index (χ4v) is 11.4. The number of nitrogens with zero attached hydrogens (tertiary/aromatic N) is 1. The van der Waals surface area contributed by atoms with Crippen molar-refractivity contribution < 1.29 is 24.2 Å². The molecule has 6 nitrogen and oxygen atoms in total. The molecule has 2 saturated heterocycles. The predicted octanol–water partition coefficient (Wildman–Crippen LogP) is 6.38. The van der Waals surface area contributed by atoms with E-state index >= 15 is 0 Å². The number of hydrogen-bond acceptors (Lipinski definition) is 5. The number of allylic oxidation sites excluding steroid dienone is 1. The highest BCUT2D eigenvalue weighted by atomic mass is 16.5. The maximum Gasteiger partial charge on any atom is 0.315 e. The van der Waals surface area contributed by atoms with E-state index in [2.05, 4.69) is 38.7 Å². The lowest BCUT2D eigenvalue weighted by Crippen LogP contribution is -2.65. The summed E-state index contributed by atoms with van der Waals surface area (Å²) < 4.78 is 13.0. The molecule has 0 spiro atoms. The smallest absolute Gasteiger partial charge is 0.315 e. The molecule has 6 aliphatic rings. The lowest BCUT2D eigenvalue weighted by molar-refractivity contribution is -0.197. The Hall–Kier alpha value is -1.24. The van der Waals surface area contributed by atoms with E-state index in [-0.39, 0.29) is 30.0 Å². The van der Waals surface area contributed by atoms with Gasteiger partial charge in [-0.05, 0) is 100.0 Å². The van der Waals surface area contributed by atoms with Crippen molar-refractivity contribution in [3.8, 4) is 0 Å². The molecule has 6 heteroatoms. The van der Waals surface area contributed by atoms with Gasteiger partial charge in [-0.25, -0.2) is 0 Å². The molecule has 0 aromatic heterocycles. The van der Waals surface area contributed by atoms with Crippen LogP contribution < -0.4 is 0 Å². The molecule has 4 aliphatic carbocycles. The lowest BCUT2D eigenvalue weighted by Gasteiger charge is -2.60. The predicted molar refractivity (Wildman–Crippen MR) is 159 cm³/mol. The van der Waals surface area contributed by atoms with Crippen LogP contribution in [0.25, 0.3) is 0 Å². The summed E-state index contributed by atoms with van der Waals surface area (Å²) in [7, 11) is 0. The number of aldehydes is 1. The second-order valence-corrected chi connectivity index (χ2v) is 15.2. The number of aliphatic carboxylic acids is 1. The largest absolute Gasteiger partial charge is 0.481 e. The first-order valence-electron chi connectivity index (χ1n) is 17.1. The van der Waals surface area contributed by atoms with Gasteiger partial charge in [0.2, 0.25) is 0 Å². The molecule has 6 rings (SSSR count). The van der Waals surface area contributed by atoms with Crippen molar-refractivity contribution in [3.05, 3.63) is 11.6 Å². The van der Waals surface area contributed by atoms with Crippen molar-refractivity contribution in [1.82, 2.24) is 4.90 Å². The Balaban J connectivity index is 1.18. The number of carboxylic acids is 1. The van der Waals surface area contributed by atoms with Crippen LogP contribution >= 0.6 is 0 Å². The van der Waals surface area contributed by atoms with Gasteiger partial charge in [-0.1, -0.05) is 58.6 Å². The quantitative estimate of drug-likeness (QED) is 0.167. The number of unbranched alkanes of at least 4 members (excludes halogenated alkanes) is 2. The molecule has 4 bridgehead atoms. The summed E-state index contributed by atoms with van der Waals surface area (Å²) in [6.07, 6.45) is 15.1. The minimum absolute atomic E-state index is 0.0919. The summed E-state index contributed by atoms with van der Waals surface area (Å²) >= 11 is 0. The number of likely N-dealkylation sites (tertiary alicyclic amines) is 1. The van der Waals surface area contributed by atoms with Crippen LogP contribution in [0.5, 0.6) is 0 Å². The van der Waals surface area contributed by atoms with Gasteiger partial charge >= 0.3 is 5.97 Å². The number of hydrogen-bond donors (Lipinski definition) is 1. The van der Waals surface area contributed by atoms with E-state index < -0.39 is 22.2 Å². The standard InChI is InChI=1S/C35H55NO5/c1-5-6-7-16-40-21-25-12-14-36(15-13-25)20-27-9-11-31(41-27)34-19-28-24(4)8-10-29(28)33(22-37)18-26(34)17-30(23(2)3)35(33,34)32(38)39/h17,22-29,31H,5-16,18-21H2,1-4H3,(H,38,39)/t24-,26?,27?,28-,29-,31?,33?,34?,35?/m1/s1. The van der Waals surface area contributed by atoms with Gasteiger partial charge in [0.05, 0.1) is 17.6 Å². The number of rotatable bonds is 12. The zero-order chi connectivity index (χ0) is 29.0. The van der Waals surface area contributed by atoms with E-state index in [0.29, 0.717) is 24.2 Å². The van der Waals surface area contributed by atoms with Crippen molar-refractivity contribution in [2.24, 2.45) is 51.8 Å². The second-order valence-electron chi connectivity index (χ2n) is 15.2. The van der Waals surface area contributed by atoms with Crippen LogP contribution in [0.1, 0.15) is 98.3 Å². The Morgan fingerprint density at radius 1 is 1.15 bits per heavy atom. The first kappa shape index (κ1) is 29.8. The number of piperidine rings is 1. The Morgan fingerprint density at radius 2 is 1.93 bits per heavy atom. The Kier molecular flexibility index (Phi) is 8.26. The molecule has 41 heavy (non-hydrogen) atoms. The summed E-state index contributed by atoms with van der Waals surface area (Å²) in [5.74, 6) is 1.28. The van der Waals surface area contributed by atoms with E-state index in [0.717, 1.165) is 76.8 Å². The van der Waals surface area contributed by atoms with Gasteiger partial charge in [-0.2, -0.15) is 0 Å². The summed E-state index contributed by atoms with van der Waals surface area (Å²) in [6, 6.07) is 0. The number of carbonyl (C=O) groups is 2. The molecule has 0 aromatic carbocycles. The molecule has 3 saturated carbocycles. The average Bonchev–Trinajstić information content (AvgIpc) is 3.69. The second kappa shape index (κ2) is 11.4. The number of carboxylic acid groups (broad SMARTS) is 1. The number of fused-ring (bicyclic) bond motifs is 2. The molecule has 2 heterocycles. The van der Waals surface area contributed by atoms with Gasteiger partial charge in [0.15, 0.2) is 0 Å². The van der Waals surface area contributed by atoms with Gasteiger partial charge in [-0.3, -0.25) is 4.79 Å². The molecule has 9 atom stereocenters. The Morgan fingerprint density at radius 3 is 2.61 bits per heavy atom. The summed E-state index contributed by atoms with van der Waals surface area (Å²) in [4.78, 5) is 29.7. The molecule has 6 unspecified atom stereocenters. The third kappa shape index (κ3) is 4.27. The summed E-state index contributed by atoms with van der Waals surface area (Å²) in [5.41, 5.74) is -1.40. The van der Waals surface area contributed by atoms with Crippen LogP contribution in [-0.4, -0.2) is 67.3 Å². The topological polar surface area (TPSA) is 76.1 Å². The maximum absolute atomic E-state index is 13.8. The van der Waals surface area contributed by atoms with Crippen molar-refractivity contribution in [3.63, 3.8) is 0 Å².